The summed E-state index contributed by atoms with van der Waals surface area (Å²) in [5.74, 6) is -0.0326. The fourth-order valence-electron chi connectivity index (χ4n) is 1.76. The largest absolute Gasteiger partial charge is 0.355 e. The molecule has 110 valence electrons. The third-order valence-corrected chi connectivity index (χ3v) is 2.81. The van der Waals surface area contributed by atoms with E-state index in [1.165, 1.54) is 12.1 Å². The van der Waals surface area contributed by atoms with Crippen LogP contribution in [0.2, 0.25) is 0 Å². The minimum atomic E-state index is -0.428. The van der Waals surface area contributed by atoms with Crippen molar-refractivity contribution in [1.29, 1.82) is 0 Å². The molecule has 0 saturated heterocycles. The lowest BCUT2D eigenvalue weighted by molar-refractivity contribution is -0.384. The van der Waals surface area contributed by atoms with Crippen LogP contribution in [0, 0.1) is 10.1 Å². The summed E-state index contributed by atoms with van der Waals surface area (Å²) in [6.07, 6.45) is 1.92. The number of nitrogens with zero attached hydrogens (tertiary/aromatic N) is 1. The third-order valence-electron chi connectivity index (χ3n) is 2.81. The van der Waals surface area contributed by atoms with Gasteiger partial charge in [-0.1, -0.05) is 19.1 Å². The Morgan fingerprint density at radius 2 is 2.10 bits per heavy atom. The van der Waals surface area contributed by atoms with Crippen molar-refractivity contribution in [3.63, 3.8) is 0 Å². The minimum absolute atomic E-state index is 0.0326. The van der Waals surface area contributed by atoms with Crippen LogP contribution in [0.3, 0.4) is 0 Å². The highest BCUT2D eigenvalue weighted by Gasteiger charge is 2.07. The first kappa shape index (κ1) is 16.1. The van der Waals surface area contributed by atoms with E-state index >= 15 is 0 Å². The molecular weight excluding hydrogens is 258 g/mol. The van der Waals surface area contributed by atoms with E-state index in [4.69, 9.17) is 0 Å². The summed E-state index contributed by atoms with van der Waals surface area (Å²) in [5.41, 5.74) is 0.866. The summed E-state index contributed by atoms with van der Waals surface area (Å²) in [6, 6.07) is 6.39. The number of carbonyl (C=O) groups is 1. The molecule has 6 heteroatoms. The fraction of sp³-hybridized carbons (Fsp3) is 0.500. The van der Waals surface area contributed by atoms with Crippen molar-refractivity contribution in [3.05, 3.63) is 39.9 Å². The molecule has 0 unspecified atom stereocenters. The molecule has 1 aromatic carbocycles. The third kappa shape index (κ3) is 6.29. The molecule has 1 aromatic rings. The molecule has 0 aliphatic heterocycles. The van der Waals surface area contributed by atoms with Gasteiger partial charge in [0.1, 0.15) is 0 Å². The van der Waals surface area contributed by atoms with Gasteiger partial charge >= 0.3 is 0 Å². The Morgan fingerprint density at radius 1 is 1.30 bits per heavy atom. The molecule has 0 fully saturated rings. The van der Waals surface area contributed by atoms with Crippen LogP contribution in [-0.4, -0.2) is 30.5 Å². The number of hydrogen-bond acceptors (Lipinski definition) is 4. The number of nitrogens with one attached hydrogen (secondary N) is 2. The second kappa shape index (κ2) is 9.03. The highest BCUT2D eigenvalue weighted by molar-refractivity contribution is 5.76. The second-order valence-electron chi connectivity index (χ2n) is 4.53. The molecule has 0 aliphatic carbocycles. The highest BCUT2D eigenvalue weighted by atomic mass is 16.6. The fourth-order valence-corrected chi connectivity index (χ4v) is 1.76. The number of nitro groups is 1. The van der Waals surface area contributed by atoms with Gasteiger partial charge in [0.05, 0.1) is 4.92 Å². The average molecular weight is 279 g/mol. The monoisotopic (exact) mass is 279 g/mol. The van der Waals surface area contributed by atoms with E-state index in [0.29, 0.717) is 19.4 Å². The number of benzene rings is 1. The first-order valence-corrected chi connectivity index (χ1v) is 6.84. The maximum Gasteiger partial charge on any atom is 0.269 e. The predicted octanol–water partition coefficient (Wildman–Crippen LogP) is 1.64. The number of aryl methyl sites for hydroxylation is 1. The molecule has 1 amide bonds. The molecular formula is C14H21N3O3. The molecule has 20 heavy (non-hydrogen) atoms. The van der Waals surface area contributed by atoms with Crippen molar-refractivity contribution in [3.8, 4) is 0 Å². The highest BCUT2D eigenvalue weighted by Crippen LogP contribution is 2.14. The first-order valence-electron chi connectivity index (χ1n) is 6.84. The Hall–Kier alpha value is -1.95. The summed E-state index contributed by atoms with van der Waals surface area (Å²) in [4.78, 5) is 21.8. The van der Waals surface area contributed by atoms with E-state index < -0.39 is 4.92 Å². The molecule has 0 atom stereocenters. The smallest absolute Gasteiger partial charge is 0.269 e. The first-order chi connectivity index (χ1) is 9.63. The minimum Gasteiger partial charge on any atom is -0.355 e. The van der Waals surface area contributed by atoms with E-state index in [1.54, 1.807) is 12.1 Å². The summed E-state index contributed by atoms with van der Waals surface area (Å²) in [5, 5.41) is 16.6. The average Bonchev–Trinajstić information content (AvgIpc) is 2.45. The van der Waals surface area contributed by atoms with Crippen LogP contribution in [0.4, 0.5) is 5.69 Å². The van der Waals surface area contributed by atoms with Crippen LogP contribution in [0.15, 0.2) is 24.3 Å². The summed E-state index contributed by atoms with van der Waals surface area (Å²) in [6.45, 7) is 4.40. The zero-order valence-corrected chi connectivity index (χ0v) is 11.7. The van der Waals surface area contributed by atoms with Gasteiger partial charge in [-0.3, -0.25) is 14.9 Å². The molecule has 0 spiro atoms. The van der Waals surface area contributed by atoms with Crippen LogP contribution < -0.4 is 10.6 Å². The SMILES string of the molecule is CCCNCCNC(=O)CCc1cccc([N+](=O)[O-])c1. The number of non-ortho nitro benzene ring substituents is 1. The molecule has 0 heterocycles. The van der Waals surface area contributed by atoms with Crippen molar-refractivity contribution in [2.24, 2.45) is 0 Å². The molecule has 0 aromatic heterocycles. The van der Waals surface area contributed by atoms with Gasteiger partial charge in [-0.15, -0.1) is 0 Å². The van der Waals surface area contributed by atoms with E-state index in [1.807, 2.05) is 0 Å². The Balaban J connectivity index is 2.27. The van der Waals surface area contributed by atoms with Crippen LogP contribution in [0.25, 0.3) is 0 Å². The van der Waals surface area contributed by atoms with Gasteiger partial charge in [-0.25, -0.2) is 0 Å². The lowest BCUT2D eigenvalue weighted by Gasteiger charge is -2.06. The lowest BCUT2D eigenvalue weighted by Crippen LogP contribution is -2.32. The molecule has 0 bridgehead atoms. The predicted molar refractivity (Wildman–Crippen MR) is 77.6 cm³/mol. The Bertz CT molecular complexity index is 449. The van der Waals surface area contributed by atoms with Gasteiger partial charge in [0, 0.05) is 31.6 Å². The van der Waals surface area contributed by atoms with Crippen molar-refractivity contribution in [1.82, 2.24) is 10.6 Å². The van der Waals surface area contributed by atoms with Gasteiger partial charge in [0.25, 0.3) is 5.69 Å². The van der Waals surface area contributed by atoms with Gasteiger partial charge in [0.2, 0.25) is 5.91 Å². The maximum absolute atomic E-state index is 11.6. The topological polar surface area (TPSA) is 84.3 Å². The maximum atomic E-state index is 11.6. The number of nitro benzene ring substituents is 1. The van der Waals surface area contributed by atoms with Gasteiger partial charge < -0.3 is 10.6 Å². The Labute approximate surface area is 118 Å². The lowest BCUT2D eigenvalue weighted by atomic mass is 10.1. The van der Waals surface area contributed by atoms with E-state index in [0.717, 1.165) is 25.1 Å². The van der Waals surface area contributed by atoms with Crippen LogP contribution in [-0.2, 0) is 11.2 Å². The van der Waals surface area contributed by atoms with Gasteiger partial charge in [-0.2, -0.15) is 0 Å². The molecule has 1 rings (SSSR count). The zero-order chi connectivity index (χ0) is 14.8. The second-order valence-corrected chi connectivity index (χ2v) is 4.53. The number of carbonyl (C=O) groups excluding carboxylic acids is 1. The van der Waals surface area contributed by atoms with Crippen LogP contribution in [0.1, 0.15) is 25.3 Å². The zero-order valence-electron chi connectivity index (χ0n) is 11.7. The van der Waals surface area contributed by atoms with E-state index in [-0.39, 0.29) is 11.6 Å². The molecule has 0 radical (unpaired) electrons. The van der Waals surface area contributed by atoms with E-state index in [2.05, 4.69) is 17.6 Å². The summed E-state index contributed by atoms with van der Waals surface area (Å²) in [7, 11) is 0. The number of amides is 1. The van der Waals surface area contributed by atoms with Crippen molar-refractivity contribution < 1.29 is 9.72 Å². The van der Waals surface area contributed by atoms with Gasteiger partial charge in [0.15, 0.2) is 0 Å². The molecule has 6 nitrogen and oxygen atoms in total. The standard InChI is InChI=1S/C14H21N3O3/c1-2-8-15-9-10-16-14(18)7-6-12-4-3-5-13(11-12)17(19)20/h3-5,11,15H,2,6-10H2,1H3,(H,16,18). The Morgan fingerprint density at radius 3 is 2.80 bits per heavy atom. The van der Waals surface area contributed by atoms with Crippen molar-refractivity contribution >= 4 is 11.6 Å². The molecule has 2 N–H and O–H groups in total. The van der Waals surface area contributed by atoms with Crippen LogP contribution in [0.5, 0.6) is 0 Å². The summed E-state index contributed by atoms with van der Waals surface area (Å²) < 4.78 is 0. The van der Waals surface area contributed by atoms with E-state index in [9.17, 15) is 14.9 Å². The number of rotatable bonds is 9. The Kier molecular flexibility index (Phi) is 7.27. The van der Waals surface area contributed by atoms with Crippen LogP contribution >= 0.6 is 0 Å². The molecule has 0 saturated carbocycles. The van der Waals surface area contributed by atoms with Crippen molar-refractivity contribution in [2.45, 2.75) is 26.2 Å². The van der Waals surface area contributed by atoms with Gasteiger partial charge in [-0.05, 0) is 24.9 Å². The van der Waals surface area contributed by atoms with Crippen molar-refractivity contribution in [2.75, 3.05) is 19.6 Å². The summed E-state index contributed by atoms with van der Waals surface area (Å²) >= 11 is 0. The quantitative estimate of drug-likeness (QED) is 0.409. The normalized spacial score (nSPS) is 10.2. The molecule has 0 aliphatic rings. The number of hydrogen-bond donors (Lipinski definition) is 2.